The molecule has 0 bridgehead atoms. The highest BCUT2D eigenvalue weighted by Gasteiger charge is 2.51. The molecule has 1 saturated heterocycles. The molecule has 2 fully saturated rings. The van der Waals surface area contributed by atoms with Crippen LogP contribution in [0.3, 0.4) is 0 Å². The van der Waals surface area contributed by atoms with E-state index in [1.54, 1.807) is 0 Å². The molecule has 4 rings (SSSR count). The van der Waals surface area contributed by atoms with Gasteiger partial charge in [0.05, 0.1) is 12.7 Å². The van der Waals surface area contributed by atoms with Gasteiger partial charge >= 0.3 is 0 Å². The lowest BCUT2D eigenvalue weighted by Gasteiger charge is -2.44. The maximum atomic E-state index is 13.3. The predicted octanol–water partition coefficient (Wildman–Crippen LogP) is 4.84. The number of Topliss-reactive ketones (excluding diaryl/α,β-unsaturated/α-hetero) is 1. The van der Waals surface area contributed by atoms with Crippen molar-refractivity contribution in [3.63, 3.8) is 0 Å². The lowest BCUT2D eigenvalue weighted by Crippen LogP contribution is -2.67. The molecule has 4 atom stereocenters. The first kappa shape index (κ1) is 28.2. The Morgan fingerprint density at radius 1 is 1.00 bits per heavy atom. The maximum absolute atomic E-state index is 13.3. The Bertz CT molecular complexity index is 973. The van der Waals surface area contributed by atoms with Gasteiger partial charge in [-0.2, -0.15) is 0 Å². The molecule has 202 valence electrons. The topological polar surface area (TPSA) is 65.0 Å². The minimum absolute atomic E-state index is 0.0766. The summed E-state index contributed by atoms with van der Waals surface area (Å²) < 4.78 is 19.2. The van der Waals surface area contributed by atoms with Gasteiger partial charge in [-0.25, -0.2) is 0 Å². The molecule has 5 nitrogen and oxygen atoms in total. The van der Waals surface area contributed by atoms with E-state index in [2.05, 4.69) is 69.3 Å². The first-order valence-electron chi connectivity index (χ1n) is 13.9. The summed E-state index contributed by atoms with van der Waals surface area (Å²) in [4.78, 5) is 13.3. The van der Waals surface area contributed by atoms with E-state index in [9.17, 15) is 9.90 Å². The Hall–Kier alpha value is -1.83. The number of ether oxygens (including phenoxy) is 2. The van der Waals surface area contributed by atoms with Gasteiger partial charge in [-0.05, 0) is 28.3 Å². The summed E-state index contributed by atoms with van der Waals surface area (Å²) in [5.74, 6) is -1.47. The van der Waals surface area contributed by atoms with Crippen LogP contribution in [0, 0.1) is 11.8 Å². The molecule has 6 heteroatoms. The molecule has 37 heavy (non-hydrogen) atoms. The average molecular weight is 525 g/mol. The quantitative estimate of drug-likeness (QED) is 0.476. The van der Waals surface area contributed by atoms with Crippen molar-refractivity contribution in [3.05, 3.63) is 60.7 Å². The molecule has 2 aromatic carbocycles. The molecule has 1 heterocycles. The molecule has 1 N–H and O–H groups in total. The number of aliphatic hydroxyl groups excluding tert-OH is 1. The summed E-state index contributed by atoms with van der Waals surface area (Å²) in [6.07, 6.45) is 3.56. The SMILES string of the molecule is C[C@H](CO[Si](c1ccccc1)(c1ccccc1)C(C)(C)C)[C@H](O)[C@@H](C)C(=O)[C@@H]1COC2(CCCCC2)O1. The number of hydrogen-bond acceptors (Lipinski definition) is 5. The van der Waals surface area contributed by atoms with E-state index in [1.807, 2.05) is 26.0 Å². The lowest BCUT2D eigenvalue weighted by atomic mass is 9.88. The zero-order valence-corrected chi connectivity index (χ0v) is 24.1. The van der Waals surface area contributed by atoms with Crippen LogP contribution in [0.4, 0.5) is 0 Å². The van der Waals surface area contributed by atoms with Gasteiger partial charge in [0.15, 0.2) is 11.6 Å². The van der Waals surface area contributed by atoms with Crippen molar-refractivity contribution in [2.75, 3.05) is 13.2 Å². The van der Waals surface area contributed by atoms with E-state index in [4.69, 9.17) is 13.9 Å². The van der Waals surface area contributed by atoms with E-state index in [1.165, 1.54) is 16.8 Å². The van der Waals surface area contributed by atoms with Crippen molar-refractivity contribution >= 4 is 24.5 Å². The van der Waals surface area contributed by atoms with Crippen LogP contribution in [0.15, 0.2) is 60.7 Å². The molecule has 2 aromatic rings. The summed E-state index contributed by atoms with van der Waals surface area (Å²) in [5.41, 5.74) is 0. The number of aliphatic hydroxyl groups is 1. The fourth-order valence-electron chi connectivity index (χ4n) is 6.12. The zero-order valence-electron chi connectivity index (χ0n) is 23.1. The van der Waals surface area contributed by atoms with Gasteiger partial charge in [0, 0.05) is 31.3 Å². The minimum Gasteiger partial charge on any atom is -0.407 e. The highest BCUT2D eigenvalue weighted by atomic mass is 28.4. The van der Waals surface area contributed by atoms with Gasteiger partial charge in [0.1, 0.15) is 6.10 Å². The summed E-state index contributed by atoms with van der Waals surface area (Å²) in [7, 11) is -2.71. The van der Waals surface area contributed by atoms with Crippen molar-refractivity contribution in [1.82, 2.24) is 0 Å². The van der Waals surface area contributed by atoms with Crippen LogP contribution in [-0.2, 0) is 18.7 Å². The smallest absolute Gasteiger partial charge is 0.261 e. The van der Waals surface area contributed by atoms with E-state index < -0.39 is 32.2 Å². The van der Waals surface area contributed by atoms with Crippen LogP contribution in [0.5, 0.6) is 0 Å². The highest BCUT2D eigenvalue weighted by molar-refractivity contribution is 6.99. The second-order valence-electron chi connectivity index (χ2n) is 12.0. The predicted molar refractivity (Wildman–Crippen MR) is 150 cm³/mol. The van der Waals surface area contributed by atoms with Gasteiger partial charge in [0.25, 0.3) is 8.32 Å². The third kappa shape index (κ3) is 5.79. The molecule has 1 saturated carbocycles. The maximum Gasteiger partial charge on any atom is 0.261 e. The molecule has 1 aliphatic carbocycles. The summed E-state index contributed by atoms with van der Waals surface area (Å²) in [5, 5.41) is 13.5. The van der Waals surface area contributed by atoms with Crippen molar-refractivity contribution in [2.24, 2.45) is 11.8 Å². The normalized spacial score (nSPS) is 22.5. The van der Waals surface area contributed by atoms with Crippen LogP contribution >= 0.6 is 0 Å². The van der Waals surface area contributed by atoms with Crippen LogP contribution in [0.1, 0.15) is 66.7 Å². The largest absolute Gasteiger partial charge is 0.407 e. The number of carbonyl (C=O) groups excluding carboxylic acids is 1. The van der Waals surface area contributed by atoms with Gasteiger partial charge in [-0.15, -0.1) is 0 Å². The van der Waals surface area contributed by atoms with Crippen LogP contribution < -0.4 is 10.4 Å². The molecule has 1 aliphatic heterocycles. The summed E-state index contributed by atoms with van der Waals surface area (Å²) in [6.45, 7) is 11.1. The molecular formula is C31H44O5Si. The molecule has 0 radical (unpaired) electrons. The van der Waals surface area contributed by atoms with E-state index in [0.717, 1.165) is 25.7 Å². The van der Waals surface area contributed by atoms with Gasteiger partial charge < -0.3 is 19.0 Å². The van der Waals surface area contributed by atoms with E-state index in [0.29, 0.717) is 6.61 Å². The number of hydrogen-bond donors (Lipinski definition) is 1. The second kappa shape index (κ2) is 11.5. The van der Waals surface area contributed by atoms with Gasteiger partial charge in [-0.3, -0.25) is 4.79 Å². The fraction of sp³-hybridized carbons (Fsp3) is 0.581. The third-order valence-corrected chi connectivity index (χ3v) is 13.3. The standard InChI is InChI=1S/C31H44O5Si/c1-23(28(32)24(2)29(33)27-22-34-31(36-27)19-13-8-14-20-31)21-35-37(30(3,4)5,25-15-9-6-10-16-25)26-17-11-7-12-18-26/h6-7,9-12,15-18,23-24,27-28,32H,8,13-14,19-22H2,1-5H3/t23-,24-,27+,28+/m1/s1. The van der Waals surface area contributed by atoms with Crippen molar-refractivity contribution in [1.29, 1.82) is 0 Å². The van der Waals surface area contributed by atoms with Crippen LogP contribution in [0.25, 0.3) is 0 Å². The van der Waals surface area contributed by atoms with Crippen LogP contribution in [-0.4, -0.2) is 50.4 Å². The van der Waals surface area contributed by atoms with Crippen molar-refractivity contribution in [2.45, 2.75) is 89.8 Å². The first-order chi connectivity index (χ1) is 17.6. The van der Waals surface area contributed by atoms with Crippen molar-refractivity contribution < 1.29 is 23.8 Å². The number of rotatable bonds is 9. The lowest BCUT2D eigenvalue weighted by molar-refractivity contribution is -0.190. The second-order valence-corrected chi connectivity index (χ2v) is 16.3. The molecule has 1 spiro atoms. The average Bonchev–Trinajstić information content (AvgIpc) is 3.31. The van der Waals surface area contributed by atoms with Crippen LogP contribution in [0.2, 0.25) is 5.04 Å². The van der Waals surface area contributed by atoms with E-state index in [-0.39, 0.29) is 23.3 Å². The third-order valence-electron chi connectivity index (χ3n) is 8.31. The Morgan fingerprint density at radius 2 is 1.54 bits per heavy atom. The van der Waals surface area contributed by atoms with Gasteiger partial charge in [-0.1, -0.05) is 102 Å². The summed E-state index contributed by atoms with van der Waals surface area (Å²) in [6, 6.07) is 21.0. The highest BCUT2D eigenvalue weighted by Crippen LogP contribution is 2.39. The van der Waals surface area contributed by atoms with Crippen molar-refractivity contribution in [3.8, 4) is 0 Å². The zero-order chi connectivity index (χ0) is 26.7. The Balaban J connectivity index is 1.49. The number of ketones is 1. The number of benzene rings is 2. The number of carbonyl (C=O) groups is 1. The Kier molecular flexibility index (Phi) is 8.76. The fourth-order valence-corrected chi connectivity index (χ4v) is 10.8. The Labute approximate surface area is 223 Å². The Morgan fingerprint density at radius 3 is 2.05 bits per heavy atom. The minimum atomic E-state index is -2.71. The van der Waals surface area contributed by atoms with Gasteiger partial charge in [0.2, 0.25) is 0 Å². The van der Waals surface area contributed by atoms with E-state index >= 15 is 0 Å². The molecule has 0 aromatic heterocycles. The molecule has 2 aliphatic rings. The molecule has 0 amide bonds. The first-order valence-corrected chi connectivity index (χ1v) is 15.8. The molecular weight excluding hydrogens is 480 g/mol. The summed E-state index contributed by atoms with van der Waals surface area (Å²) >= 11 is 0. The molecule has 0 unspecified atom stereocenters. The monoisotopic (exact) mass is 524 g/mol.